The van der Waals surface area contributed by atoms with Crippen LogP contribution < -0.4 is 29.6 Å². The molecule has 0 atom stereocenters. The van der Waals surface area contributed by atoms with Gasteiger partial charge < -0.3 is 4.28 Å². The van der Waals surface area contributed by atoms with Crippen molar-refractivity contribution in [2.75, 3.05) is 0 Å². The van der Waals surface area contributed by atoms with Crippen LogP contribution in [0.15, 0.2) is 55.1 Å². The summed E-state index contributed by atoms with van der Waals surface area (Å²) >= 11 is 0. The zero-order chi connectivity index (χ0) is 9.10. The van der Waals surface area contributed by atoms with E-state index in [2.05, 4.69) is 49.0 Å². The van der Waals surface area contributed by atoms with Crippen LogP contribution in [-0.2, 0) is 6.42 Å². The van der Waals surface area contributed by atoms with Crippen LogP contribution in [0.3, 0.4) is 0 Å². The summed E-state index contributed by atoms with van der Waals surface area (Å²) in [6.07, 6.45) is 2.89. The fourth-order valence-electron chi connectivity index (χ4n) is 1.63. The fraction of sp³-hybridized carbons (Fsp3) is 0.0769. The van der Waals surface area contributed by atoms with Crippen molar-refractivity contribution >= 4 is 33.8 Å². The minimum atomic E-state index is 0. The second-order valence-corrected chi connectivity index (χ2v) is 3.13. The molecule has 0 bridgehead atoms. The van der Waals surface area contributed by atoms with Gasteiger partial charge in [0.1, 0.15) is 0 Å². The molecule has 2 aromatic carbocycles. The summed E-state index contributed by atoms with van der Waals surface area (Å²) in [5.41, 5.74) is 1.35. The van der Waals surface area contributed by atoms with Crippen LogP contribution in [0.2, 0.25) is 0 Å². The molecule has 0 saturated carbocycles. The molecule has 0 aliphatic heterocycles. The van der Waals surface area contributed by atoms with Crippen molar-refractivity contribution in [3.05, 3.63) is 60.7 Å². The first kappa shape index (κ1) is 15.2. The minimum Gasteiger partial charge on any atom is -1.00 e. The molecular formula is C13H15MgNa. The number of fused-ring (bicyclic) bond motifs is 1. The Kier molecular flexibility index (Phi) is 7.58. The van der Waals surface area contributed by atoms with Gasteiger partial charge >= 0.3 is 52.6 Å². The first-order chi connectivity index (χ1) is 6.42. The standard InChI is InChI=1S/C13H12.Mg.Na.3H/c1-2-6-11-8-5-9-12-7-3-4-10-13(11)12;;;;;/h2-5,7-10H,1,6H2;;;;;/q;+2;+1;3*-1. The predicted molar refractivity (Wildman–Crippen MR) is 66.9 cm³/mol. The maximum absolute atomic E-state index is 3.76. The Balaban J connectivity index is -0.000000196. The van der Waals surface area contributed by atoms with Gasteiger partial charge in [0.15, 0.2) is 0 Å². The van der Waals surface area contributed by atoms with Crippen LogP contribution in [0.4, 0.5) is 0 Å². The normalized spacial score (nSPS) is 8.80. The van der Waals surface area contributed by atoms with Gasteiger partial charge in [0.25, 0.3) is 0 Å². The van der Waals surface area contributed by atoms with Crippen LogP contribution in [0.5, 0.6) is 0 Å². The van der Waals surface area contributed by atoms with Gasteiger partial charge in [0, 0.05) is 0 Å². The van der Waals surface area contributed by atoms with E-state index in [9.17, 15) is 0 Å². The van der Waals surface area contributed by atoms with Gasteiger partial charge in [-0.05, 0) is 22.8 Å². The molecule has 0 N–H and O–H groups in total. The number of allylic oxidation sites excluding steroid dienone is 1. The first-order valence-electron chi connectivity index (χ1n) is 4.49. The average Bonchev–Trinajstić information content (AvgIpc) is 2.19. The third kappa shape index (κ3) is 3.61. The predicted octanol–water partition coefficient (Wildman–Crippen LogP) is 0.529. The molecule has 0 aliphatic rings. The van der Waals surface area contributed by atoms with Crippen molar-refractivity contribution < 1.29 is 33.8 Å². The maximum Gasteiger partial charge on any atom is 2.00 e. The number of hydrogen-bond acceptors (Lipinski definition) is 0. The minimum absolute atomic E-state index is 0. The Bertz CT molecular complexity index is 444. The second-order valence-electron chi connectivity index (χ2n) is 3.13. The zero-order valence-corrected chi connectivity index (χ0v) is 12.7. The number of hydrogen-bond donors (Lipinski definition) is 0. The third-order valence-corrected chi connectivity index (χ3v) is 2.24. The van der Waals surface area contributed by atoms with E-state index in [0.717, 1.165) is 6.42 Å². The molecule has 0 nitrogen and oxygen atoms in total. The summed E-state index contributed by atoms with van der Waals surface area (Å²) in [5, 5.41) is 2.65. The van der Waals surface area contributed by atoms with Gasteiger partial charge in [-0.15, -0.1) is 6.58 Å². The molecule has 0 aliphatic carbocycles. The van der Waals surface area contributed by atoms with E-state index in [0.29, 0.717) is 0 Å². The van der Waals surface area contributed by atoms with E-state index in [1.165, 1.54) is 16.3 Å². The zero-order valence-electron chi connectivity index (χ0n) is 12.2. The van der Waals surface area contributed by atoms with Crippen LogP contribution in [0.1, 0.15) is 9.84 Å². The van der Waals surface area contributed by atoms with Crippen molar-refractivity contribution in [1.82, 2.24) is 0 Å². The topological polar surface area (TPSA) is 0 Å². The molecule has 2 aromatic rings. The van der Waals surface area contributed by atoms with Gasteiger partial charge in [0.2, 0.25) is 0 Å². The molecule has 2 rings (SSSR count). The largest absolute Gasteiger partial charge is 2.00 e. The van der Waals surface area contributed by atoms with Crippen molar-refractivity contribution in [2.24, 2.45) is 0 Å². The van der Waals surface area contributed by atoms with E-state index < -0.39 is 0 Å². The van der Waals surface area contributed by atoms with Gasteiger partial charge in [-0.1, -0.05) is 48.5 Å². The fourth-order valence-corrected chi connectivity index (χ4v) is 1.63. The summed E-state index contributed by atoms with van der Waals surface area (Å²) in [5.74, 6) is 0. The quantitative estimate of drug-likeness (QED) is 0.510. The van der Waals surface area contributed by atoms with E-state index in [1.807, 2.05) is 6.08 Å². The van der Waals surface area contributed by atoms with Gasteiger partial charge in [-0.2, -0.15) is 0 Å². The van der Waals surface area contributed by atoms with E-state index in [1.54, 1.807) is 0 Å². The van der Waals surface area contributed by atoms with Crippen molar-refractivity contribution in [3.63, 3.8) is 0 Å². The summed E-state index contributed by atoms with van der Waals surface area (Å²) in [4.78, 5) is 0. The first-order valence-corrected chi connectivity index (χ1v) is 4.49. The molecular weight excluding hydrogens is 203 g/mol. The van der Waals surface area contributed by atoms with Crippen molar-refractivity contribution in [3.8, 4) is 0 Å². The summed E-state index contributed by atoms with van der Waals surface area (Å²) in [6, 6.07) is 14.8. The van der Waals surface area contributed by atoms with Crippen molar-refractivity contribution in [1.29, 1.82) is 0 Å². The maximum atomic E-state index is 3.76. The Morgan fingerprint density at radius 3 is 2.47 bits per heavy atom. The van der Waals surface area contributed by atoms with Gasteiger partial charge in [-0.25, -0.2) is 0 Å². The molecule has 0 unspecified atom stereocenters. The number of rotatable bonds is 2. The molecule has 0 aromatic heterocycles. The molecule has 0 saturated heterocycles. The van der Waals surface area contributed by atoms with Crippen LogP contribution in [-0.4, -0.2) is 23.1 Å². The van der Waals surface area contributed by atoms with Crippen LogP contribution in [0.25, 0.3) is 10.8 Å². The Labute approximate surface area is 134 Å². The SMILES string of the molecule is C=CCc1cccc2ccccc12.[H-].[H-].[H-].[Mg+2].[Na+]. The van der Waals surface area contributed by atoms with Gasteiger partial charge in [0.05, 0.1) is 0 Å². The molecule has 0 fully saturated rings. The van der Waals surface area contributed by atoms with E-state index >= 15 is 0 Å². The molecule has 70 valence electrons. The summed E-state index contributed by atoms with van der Waals surface area (Å²) in [6.45, 7) is 3.76. The second kappa shape index (κ2) is 7.47. The van der Waals surface area contributed by atoms with Crippen LogP contribution in [0, 0.1) is 0 Å². The summed E-state index contributed by atoms with van der Waals surface area (Å²) < 4.78 is 0. The molecule has 0 radical (unpaired) electrons. The van der Waals surface area contributed by atoms with Crippen LogP contribution >= 0.6 is 0 Å². The van der Waals surface area contributed by atoms with Gasteiger partial charge in [-0.3, -0.25) is 0 Å². The summed E-state index contributed by atoms with van der Waals surface area (Å²) in [7, 11) is 0. The molecule has 0 amide bonds. The Morgan fingerprint density at radius 2 is 1.73 bits per heavy atom. The van der Waals surface area contributed by atoms with Crippen molar-refractivity contribution in [2.45, 2.75) is 6.42 Å². The average molecular weight is 219 g/mol. The van der Waals surface area contributed by atoms with E-state index in [-0.39, 0.29) is 56.9 Å². The van der Waals surface area contributed by atoms with E-state index in [4.69, 9.17) is 0 Å². The molecule has 15 heavy (non-hydrogen) atoms. The smallest absolute Gasteiger partial charge is 1.00 e. The molecule has 0 spiro atoms. The third-order valence-electron chi connectivity index (χ3n) is 2.24. The molecule has 0 heterocycles. The monoisotopic (exact) mass is 218 g/mol. The number of benzene rings is 2. The Hall–Kier alpha value is 0.206. The Morgan fingerprint density at radius 1 is 1.07 bits per heavy atom. The molecule has 2 heteroatoms.